The van der Waals surface area contributed by atoms with Gasteiger partial charge in [-0.3, -0.25) is 0 Å². The fraction of sp³-hybridized carbons (Fsp3) is 0.188. The molecular formula is C16H15BrN2O. The van der Waals surface area contributed by atoms with Gasteiger partial charge in [0.15, 0.2) is 0 Å². The number of hydrogen-bond acceptors (Lipinski definition) is 2. The minimum atomic E-state index is 0.690. The van der Waals surface area contributed by atoms with Gasteiger partial charge in [0.2, 0.25) is 0 Å². The molecule has 0 saturated carbocycles. The fourth-order valence-corrected chi connectivity index (χ4v) is 2.78. The highest BCUT2D eigenvalue weighted by molar-refractivity contribution is 9.10. The molecule has 0 aliphatic heterocycles. The van der Waals surface area contributed by atoms with Crippen molar-refractivity contribution >= 4 is 26.7 Å². The summed E-state index contributed by atoms with van der Waals surface area (Å²) in [4.78, 5) is 4.02. The van der Waals surface area contributed by atoms with Gasteiger partial charge in [-0.1, -0.05) is 30.3 Å². The van der Waals surface area contributed by atoms with Gasteiger partial charge in [-0.25, -0.2) is 4.98 Å². The zero-order chi connectivity index (χ0) is 13.8. The lowest BCUT2D eigenvalue weighted by molar-refractivity contribution is 0.300. The molecule has 102 valence electrons. The van der Waals surface area contributed by atoms with E-state index in [1.807, 2.05) is 30.7 Å². The van der Waals surface area contributed by atoms with Crippen LogP contribution in [0.1, 0.15) is 6.42 Å². The van der Waals surface area contributed by atoms with Crippen molar-refractivity contribution in [1.82, 2.24) is 9.55 Å². The van der Waals surface area contributed by atoms with Crippen molar-refractivity contribution in [1.29, 1.82) is 0 Å². The Labute approximate surface area is 126 Å². The zero-order valence-electron chi connectivity index (χ0n) is 11.0. The van der Waals surface area contributed by atoms with E-state index in [1.165, 1.54) is 10.8 Å². The first kappa shape index (κ1) is 13.2. The third-order valence-corrected chi connectivity index (χ3v) is 4.02. The van der Waals surface area contributed by atoms with Crippen molar-refractivity contribution in [2.45, 2.75) is 13.0 Å². The van der Waals surface area contributed by atoms with Crippen LogP contribution >= 0.6 is 15.9 Å². The Morgan fingerprint density at radius 1 is 1.15 bits per heavy atom. The molecule has 2 aromatic carbocycles. The van der Waals surface area contributed by atoms with Crippen LogP contribution in [0.25, 0.3) is 10.8 Å². The number of benzene rings is 2. The molecule has 0 N–H and O–H groups in total. The van der Waals surface area contributed by atoms with Crippen molar-refractivity contribution < 1.29 is 4.74 Å². The molecule has 0 atom stereocenters. The topological polar surface area (TPSA) is 27.1 Å². The number of fused-ring (bicyclic) bond motifs is 1. The Kier molecular flexibility index (Phi) is 4.02. The summed E-state index contributed by atoms with van der Waals surface area (Å²) in [5.74, 6) is 0.898. The average molecular weight is 331 g/mol. The van der Waals surface area contributed by atoms with Crippen LogP contribution in [0, 0.1) is 0 Å². The highest BCUT2D eigenvalue weighted by Crippen LogP contribution is 2.33. The Morgan fingerprint density at radius 3 is 2.90 bits per heavy atom. The second-order valence-electron chi connectivity index (χ2n) is 4.60. The molecule has 4 heteroatoms. The molecule has 3 nitrogen and oxygen atoms in total. The van der Waals surface area contributed by atoms with Crippen molar-refractivity contribution in [2.24, 2.45) is 0 Å². The predicted molar refractivity (Wildman–Crippen MR) is 84.0 cm³/mol. The first-order valence-electron chi connectivity index (χ1n) is 6.60. The zero-order valence-corrected chi connectivity index (χ0v) is 12.6. The lowest BCUT2D eigenvalue weighted by atomic mass is 10.1. The van der Waals surface area contributed by atoms with E-state index < -0.39 is 0 Å². The molecule has 1 aromatic heterocycles. The molecule has 1 heterocycles. The number of aromatic nitrogens is 2. The smallest absolute Gasteiger partial charge is 0.134 e. The van der Waals surface area contributed by atoms with E-state index in [2.05, 4.69) is 43.7 Å². The fourth-order valence-electron chi connectivity index (χ4n) is 2.17. The molecule has 3 rings (SSSR count). The molecule has 0 aliphatic carbocycles. The second-order valence-corrected chi connectivity index (χ2v) is 5.39. The van der Waals surface area contributed by atoms with Gasteiger partial charge in [-0.2, -0.15) is 0 Å². The Hall–Kier alpha value is -1.81. The molecule has 0 radical (unpaired) electrons. The van der Waals surface area contributed by atoms with E-state index in [0.29, 0.717) is 6.61 Å². The number of imidazole rings is 1. The van der Waals surface area contributed by atoms with E-state index in [4.69, 9.17) is 4.74 Å². The van der Waals surface area contributed by atoms with Crippen LogP contribution in [-0.2, 0) is 6.54 Å². The van der Waals surface area contributed by atoms with Crippen LogP contribution in [-0.4, -0.2) is 16.2 Å². The lowest BCUT2D eigenvalue weighted by Crippen LogP contribution is -2.03. The monoisotopic (exact) mass is 330 g/mol. The largest absolute Gasteiger partial charge is 0.492 e. The van der Waals surface area contributed by atoms with Crippen LogP contribution in [0.4, 0.5) is 0 Å². The van der Waals surface area contributed by atoms with Gasteiger partial charge in [0.05, 0.1) is 17.4 Å². The predicted octanol–water partition coefficient (Wildman–Crippen LogP) is 4.27. The molecule has 3 aromatic rings. The molecule has 20 heavy (non-hydrogen) atoms. The maximum absolute atomic E-state index is 5.86. The molecule has 0 bridgehead atoms. The summed E-state index contributed by atoms with van der Waals surface area (Å²) in [5.41, 5.74) is 0. The minimum absolute atomic E-state index is 0.690. The van der Waals surface area contributed by atoms with Gasteiger partial charge in [0.25, 0.3) is 0 Å². The summed E-state index contributed by atoms with van der Waals surface area (Å²) in [7, 11) is 0. The maximum Gasteiger partial charge on any atom is 0.134 e. The number of aryl methyl sites for hydroxylation is 1. The molecule has 0 fully saturated rings. The number of halogens is 1. The SMILES string of the molecule is Brc1c(OCCCn2ccnc2)ccc2ccccc12. The molecule has 0 amide bonds. The summed E-state index contributed by atoms with van der Waals surface area (Å²) in [6.07, 6.45) is 6.54. The lowest BCUT2D eigenvalue weighted by Gasteiger charge is -2.10. The maximum atomic E-state index is 5.86. The number of rotatable bonds is 5. The standard InChI is InChI=1S/C16H15BrN2O/c17-16-14-5-2-1-4-13(14)6-7-15(16)20-11-3-9-19-10-8-18-12-19/h1-2,4-8,10,12H,3,9,11H2. The summed E-state index contributed by atoms with van der Waals surface area (Å²) in [6.45, 7) is 1.61. The van der Waals surface area contributed by atoms with E-state index in [0.717, 1.165) is 23.2 Å². The van der Waals surface area contributed by atoms with E-state index in [1.54, 1.807) is 6.20 Å². The average Bonchev–Trinajstić information content (AvgIpc) is 2.99. The highest BCUT2D eigenvalue weighted by Gasteiger charge is 2.05. The van der Waals surface area contributed by atoms with Gasteiger partial charge in [0.1, 0.15) is 5.75 Å². The van der Waals surface area contributed by atoms with Crippen LogP contribution < -0.4 is 4.74 Å². The molecule has 0 unspecified atom stereocenters. The highest BCUT2D eigenvalue weighted by atomic mass is 79.9. The first-order valence-corrected chi connectivity index (χ1v) is 7.40. The Bertz CT molecular complexity index is 695. The van der Waals surface area contributed by atoms with E-state index in [-0.39, 0.29) is 0 Å². The van der Waals surface area contributed by atoms with Crippen molar-refractivity contribution in [2.75, 3.05) is 6.61 Å². The summed E-state index contributed by atoms with van der Waals surface area (Å²) in [5, 5.41) is 2.39. The number of nitrogens with zero attached hydrogens (tertiary/aromatic N) is 2. The van der Waals surface area contributed by atoms with Gasteiger partial charge in [0, 0.05) is 18.9 Å². The molecular weight excluding hydrogens is 316 g/mol. The number of ether oxygens (including phenoxy) is 1. The van der Waals surface area contributed by atoms with Crippen molar-refractivity contribution in [3.05, 3.63) is 59.6 Å². The van der Waals surface area contributed by atoms with Gasteiger partial charge >= 0.3 is 0 Å². The summed E-state index contributed by atoms with van der Waals surface area (Å²) < 4.78 is 8.94. The van der Waals surface area contributed by atoms with Crippen molar-refractivity contribution in [3.8, 4) is 5.75 Å². The van der Waals surface area contributed by atoms with Gasteiger partial charge in [-0.05, 0) is 39.2 Å². The number of hydrogen-bond donors (Lipinski definition) is 0. The summed E-state index contributed by atoms with van der Waals surface area (Å²) >= 11 is 3.63. The normalized spacial score (nSPS) is 10.8. The van der Waals surface area contributed by atoms with Crippen LogP contribution in [0.2, 0.25) is 0 Å². The van der Waals surface area contributed by atoms with Crippen LogP contribution in [0.15, 0.2) is 59.6 Å². The Morgan fingerprint density at radius 2 is 2.05 bits per heavy atom. The molecule has 0 aliphatic rings. The van der Waals surface area contributed by atoms with Crippen LogP contribution in [0.3, 0.4) is 0 Å². The second kappa shape index (κ2) is 6.09. The van der Waals surface area contributed by atoms with Gasteiger partial charge in [-0.15, -0.1) is 0 Å². The molecule has 0 spiro atoms. The first-order chi connectivity index (χ1) is 9.84. The van der Waals surface area contributed by atoms with Crippen molar-refractivity contribution in [3.63, 3.8) is 0 Å². The quantitative estimate of drug-likeness (QED) is 0.653. The minimum Gasteiger partial charge on any atom is -0.492 e. The van der Waals surface area contributed by atoms with E-state index in [9.17, 15) is 0 Å². The summed E-state index contributed by atoms with van der Waals surface area (Å²) in [6, 6.07) is 12.4. The van der Waals surface area contributed by atoms with Gasteiger partial charge < -0.3 is 9.30 Å². The third kappa shape index (κ3) is 2.85. The Balaban J connectivity index is 1.64. The third-order valence-electron chi connectivity index (χ3n) is 3.21. The molecule has 0 saturated heterocycles. The van der Waals surface area contributed by atoms with E-state index >= 15 is 0 Å². The van der Waals surface area contributed by atoms with Crippen LogP contribution in [0.5, 0.6) is 5.75 Å².